The van der Waals surface area contributed by atoms with Gasteiger partial charge in [-0.1, -0.05) is 6.08 Å². The summed E-state index contributed by atoms with van der Waals surface area (Å²) in [4.78, 5) is 0. The van der Waals surface area contributed by atoms with E-state index in [1.165, 1.54) is 0 Å². The molecule has 0 amide bonds. The van der Waals surface area contributed by atoms with Gasteiger partial charge in [-0.3, -0.25) is 0 Å². The third-order valence-electron chi connectivity index (χ3n) is 1.47. The highest BCUT2D eigenvalue weighted by atomic mass is 19.4. The first kappa shape index (κ1) is 8.30. The number of allylic oxidation sites excluding steroid dienone is 4. The lowest BCUT2D eigenvalue weighted by atomic mass is 10.0. The number of hydrogen-bond acceptors (Lipinski definition) is 0. The smallest absolute Gasteiger partial charge is 0.207 e. The molecule has 0 radical (unpaired) electrons. The summed E-state index contributed by atoms with van der Waals surface area (Å²) in [5.74, 6) is -2.10. The quantitative estimate of drug-likeness (QED) is 0.485. The molecule has 0 aromatic heterocycles. The fourth-order valence-corrected chi connectivity index (χ4v) is 0.837. The van der Waals surface area contributed by atoms with Gasteiger partial charge in [0.15, 0.2) is 0 Å². The van der Waals surface area contributed by atoms with Crippen LogP contribution in [0.4, 0.5) is 17.6 Å². The first-order valence-corrected chi connectivity index (χ1v) is 3.11. The molecule has 1 aliphatic rings. The summed E-state index contributed by atoms with van der Waals surface area (Å²) >= 11 is 0. The Bertz CT molecular complexity index is 199. The van der Waals surface area contributed by atoms with Crippen molar-refractivity contribution in [3.63, 3.8) is 0 Å². The number of hydrogen-bond donors (Lipinski definition) is 0. The van der Waals surface area contributed by atoms with Crippen molar-refractivity contribution in [2.75, 3.05) is 0 Å². The number of alkyl halides is 3. The fourth-order valence-electron chi connectivity index (χ4n) is 0.837. The van der Waals surface area contributed by atoms with Crippen LogP contribution in [0.2, 0.25) is 0 Å². The average Bonchev–Trinajstić information content (AvgIpc) is 1.86. The summed E-state index contributed by atoms with van der Waals surface area (Å²) in [6, 6.07) is 0. The van der Waals surface area contributed by atoms with E-state index in [-0.39, 0.29) is 6.42 Å². The Morgan fingerprint density at radius 2 is 2.00 bits per heavy atom. The normalized spacial score (nSPS) is 25.1. The molecule has 1 aliphatic carbocycles. The van der Waals surface area contributed by atoms with Crippen LogP contribution in [0.25, 0.3) is 0 Å². The maximum atomic E-state index is 12.2. The molecule has 0 nitrogen and oxygen atoms in total. The summed E-state index contributed by atoms with van der Waals surface area (Å²) in [7, 11) is 0. The zero-order valence-electron chi connectivity index (χ0n) is 5.53. The summed E-state index contributed by atoms with van der Waals surface area (Å²) in [5, 5.41) is 0. The maximum absolute atomic E-state index is 12.2. The highest BCUT2D eigenvalue weighted by molar-refractivity contribution is 5.18. The lowest BCUT2D eigenvalue weighted by molar-refractivity contribution is -0.160. The van der Waals surface area contributed by atoms with Crippen molar-refractivity contribution in [2.24, 2.45) is 5.92 Å². The topological polar surface area (TPSA) is 0 Å². The average molecular weight is 166 g/mol. The van der Waals surface area contributed by atoms with Gasteiger partial charge in [0, 0.05) is 0 Å². The monoisotopic (exact) mass is 166 g/mol. The van der Waals surface area contributed by atoms with Gasteiger partial charge in [-0.15, -0.1) is 0 Å². The Hall–Kier alpha value is -0.800. The molecule has 0 spiro atoms. The Morgan fingerprint density at radius 3 is 2.36 bits per heavy atom. The van der Waals surface area contributed by atoms with Gasteiger partial charge in [0.1, 0.15) is 5.83 Å². The molecule has 0 aromatic rings. The molecule has 1 atom stereocenters. The van der Waals surface area contributed by atoms with E-state index in [1.54, 1.807) is 0 Å². The highest BCUT2D eigenvalue weighted by Crippen LogP contribution is 2.32. The zero-order valence-corrected chi connectivity index (χ0v) is 5.53. The number of rotatable bonds is 0. The van der Waals surface area contributed by atoms with Crippen molar-refractivity contribution in [3.05, 3.63) is 24.1 Å². The van der Waals surface area contributed by atoms with Gasteiger partial charge in [-0.2, -0.15) is 13.2 Å². The molecule has 0 aliphatic heterocycles. The summed E-state index contributed by atoms with van der Waals surface area (Å²) < 4.78 is 47.7. The summed E-state index contributed by atoms with van der Waals surface area (Å²) in [6.07, 6.45) is -1.89. The first-order valence-electron chi connectivity index (χ1n) is 3.11. The number of halogens is 4. The molecular formula is C7H6F4. The maximum Gasteiger partial charge on any atom is 0.395 e. The van der Waals surface area contributed by atoms with E-state index in [2.05, 4.69) is 0 Å². The van der Waals surface area contributed by atoms with Crippen LogP contribution in [-0.4, -0.2) is 6.18 Å². The Labute approximate surface area is 61.2 Å². The van der Waals surface area contributed by atoms with E-state index in [0.717, 1.165) is 18.2 Å². The van der Waals surface area contributed by atoms with Gasteiger partial charge in [0.25, 0.3) is 0 Å². The van der Waals surface area contributed by atoms with Gasteiger partial charge in [0.05, 0.1) is 5.92 Å². The SMILES string of the molecule is FC1=CCC(C(F)(F)F)C=C1. The lowest BCUT2D eigenvalue weighted by Gasteiger charge is -2.16. The molecule has 0 saturated heterocycles. The second kappa shape index (κ2) is 2.68. The van der Waals surface area contributed by atoms with Crippen molar-refractivity contribution in [1.29, 1.82) is 0 Å². The van der Waals surface area contributed by atoms with Crippen LogP contribution in [0, 0.1) is 5.92 Å². The summed E-state index contributed by atoms with van der Waals surface area (Å²) in [6.45, 7) is 0. The van der Waals surface area contributed by atoms with Crippen LogP contribution in [0.3, 0.4) is 0 Å². The minimum atomic E-state index is -4.24. The van der Waals surface area contributed by atoms with Gasteiger partial charge in [0.2, 0.25) is 0 Å². The first-order chi connectivity index (χ1) is 5.00. The van der Waals surface area contributed by atoms with E-state index in [9.17, 15) is 17.6 Å². The molecule has 0 fully saturated rings. The molecule has 1 unspecified atom stereocenters. The molecule has 0 saturated carbocycles. The standard InChI is InChI=1S/C7H6F4/c8-6-3-1-5(2-4-6)7(9,10)11/h1,3-5H,2H2. The molecular weight excluding hydrogens is 160 g/mol. The lowest BCUT2D eigenvalue weighted by Crippen LogP contribution is -2.21. The van der Waals surface area contributed by atoms with E-state index in [0.29, 0.717) is 0 Å². The van der Waals surface area contributed by atoms with E-state index >= 15 is 0 Å². The zero-order chi connectivity index (χ0) is 8.48. The van der Waals surface area contributed by atoms with Crippen LogP contribution in [0.5, 0.6) is 0 Å². The highest BCUT2D eigenvalue weighted by Gasteiger charge is 2.37. The van der Waals surface area contributed by atoms with E-state index < -0.39 is 17.9 Å². The van der Waals surface area contributed by atoms with Crippen molar-refractivity contribution in [2.45, 2.75) is 12.6 Å². The molecule has 0 aromatic carbocycles. The van der Waals surface area contributed by atoms with Crippen LogP contribution in [0.1, 0.15) is 6.42 Å². The molecule has 62 valence electrons. The molecule has 1 rings (SSSR count). The van der Waals surface area contributed by atoms with Crippen molar-refractivity contribution < 1.29 is 17.6 Å². The van der Waals surface area contributed by atoms with E-state index in [1.807, 2.05) is 0 Å². The Balaban J connectivity index is 2.63. The minimum Gasteiger partial charge on any atom is -0.207 e. The Kier molecular flexibility index (Phi) is 2.02. The van der Waals surface area contributed by atoms with Gasteiger partial charge in [-0.25, -0.2) is 4.39 Å². The summed E-state index contributed by atoms with van der Waals surface area (Å²) in [5.41, 5.74) is 0. The largest absolute Gasteiger partial charge is 0.395 e. The van der Waals surface area contributed by atoms with Gasteiger partial charge in [-0.05, 0) is 18.6 Å². The van der Waals surface area contributed by atoms with Crippen molar-refractivity contribution in [3.8, 4) is 0 Å². The van der Waals surface area contributed by atoms with Crippen LogP contribution >= 0.6 is 0 Å². The molecule has 0 N–H and O–H groups in total. The van der Waals surface area contributed by atoms with Crippen LogP contribution in [-0.2, 0) is 0 Å². The van der Waals surface area contributed by atoms with E-state index in [4.69, 9.17) is 0 Å². The molecule has 4 heteroatoms. The van der Waals surface area contributed by atoms with Crippen LogP contribution in [0.15, 0.2) is 24.1 Å². The predicted molar refractivity (Wildman–Crippen MR) is 32.5 cm³/mol. The fraction of sp³-hybridized carbons (Fsp3) is 0.429. The van der Waals surface area contributed by atoms with Crippen LogP contribution < -0.4 is 0 Å². The molecule has 0 bridgehead atoms. The van der Waals surface area contributed by atoms with Crippen molar-refractivity contribution in [1.82, 2.24) is 0 Å². The second-order valence-corrected chi connectivity index (χ2v) is 2.33. The predicted octanol–water partition coefficient (Wildman–Crippen LogP) is 2.98. The Morgan fingerprint density at radius 1 is 1.36 bits per heavy atom. The molecule has 11 heavy (non-hydrogen) atoms. The third-order valence-corrected chi connectivity index (χ3v) is 1.47. The minimum absolute atomic E-state index is 0.286. The third kappa shape index (κ3) is 2.06. The van der Waals surface area contributed by atoms with Gasteiger partial charge >= 0.3 is 6.18 Å². The molecule has 0 heterocycles. The van der Waals surface area contributed by atoms with Crippen molar-refractivity contribution >= 4 is 0 Å². The van der Waals surface area contributed by atoms with Gasteiger partial charge < -0.3 is 0 Å². The second-order valence-electron chi connectivity index (χ2n) is 2.33.